The maximum Gasteiger partial charge on any atom is 0.346 e. The molecule has 1 aliphatic heterocycles. The van der Waals surface area contributed by atoms with Crippen LogP contribution >= 0.6 is 23.4 Å². The average molecular weight is 350 g/mol. The zero-order chi connectivity index (χ0) is 16.6. The van der Waals surface area contributed by atoms with Crippen molar-refractivity contribution in [2.75, 3.05) is 12.8 Å². The van der Waals surface area contributed by atoms with Crippen LogP contribution in [0.2, 0.25) is 5.02 Å². The van der Waals surface area contributed by atoms with Crippen molar-refractivity contribution in [1.29, 1.82) is 0 Å². The molecule has 0 aliphatic carbocycles. The maximum atomic E-state index is 12.9. The number of amides is 1. The number of benzene rings is 1. The predicted octanol–water partition coefficient (Wildman–Crippen LogP) is 2.65. The van der Waals surface area contributed by atoms with Crippen molar-refractivity contribution < 1.29 is 4.79 Å². The van der Waals surface area contributed by atoms with E-state index in [1.54, 1.807) is 11.8 Å². The number of nitrogens with one attached hydrogen (secondary N) is 1. The molecule has 0 atom stereocenters. The molecule has 23 heavy (non-hydrogen) atoms. The van der Waals surface area contributed by atoms with Gasteiger partial charge >= 0.3 is 5.69 Å². The second kappa shape index (κ2) is 6.37. The molecule has 1 N–H and O–H groups in total. The first-order chi connectivity index (χ1) is 11.0. The molecular weight excluding hydrogens is 334 g/mol. The Morgan fingerprint density at radius 2 is 2.22 bits per heavy atom. The second-order valence-electron chi connectivity index (χ2n) is 5.41. The number of hydrogen-bond donors (Lipinski definition) is 1. The quantitative estimate of drug-likeness (QED) is 0.668. The summed E-state index contributed by atoms with van der Waals surface area (Å²) in [7, 11) is 0. The summed E-state index contributed by atoms with van der Waals surface area (Å²) in [5, 5.41) is 1.22. The van der Waals surface area contributed by atoms with Gasteiger partial charge < -0.3 is 9.88 Å². The van der Waals surface area contributed by atoms with Gasteiger partial charge in [-0.2, -0.15) is 4.98 Å². The molecule has 1 aromatic carbocycles. The molecule has 120 valence electrons. The zero-order valence-corrected chi connectivity index (χ0v) is 14.4. The van der Waals surface area contributed by atoms with Gasteiger partial charge in [0.15, 0.2) is 0 Å². The minimum absolute atomic E-state index is 0.110. The van der Waals surface area contributed by atoms with E-state index in [9.17, 15) is 9.59 Å². The lowest BCUT2D eigenvalue weighted by molar-refractivity contribution is 0.0728. The molecule has 0 spiro atoms. The smallest absolute Gasteiger partial charge is 0.334 e. The van der Waals surface area contributed by atoms with Gasteiger partial charge in [0, 0.05) is 23.8 Å². The fourth-order valence-corrected chi connectivity index (χ4v) is 3.76. The fraction of sp³-hybridized carbons (Fsp3) is 0.312. The topological polar surface area (TPSA) is 66.1 Å². The number of rotatable bonds is 2. The molecule has 0 bridgehead atoms. The third-order valence-electron chi connectivity index (χ3n) is 3.99. The Balaban J connectivity index is 1.95. The maximum absolute atomic E-state index is 12.9. The number of aromatic amines is 1. The van der Waals surface area contributed by atoms with Crippen LogP contribution in [0.15, 0.2) is 28.0 Å². The van der Waals surface area contributed by atoms with Crippen LogP contribution < -0.4 is 5.69 Å². The molecule has 1 aromatic heterocycles. The highest BCUT2D eigenvalue weighted by molar-refractivity contribution is 7.98. The summed E-state index contributed by atoms with van der Waals surface area (Å²) >= 11 is 7.52. The van der Waals surface area contributed by atoms with Gasteiger partial charge in [-0.25, -0.2) is 4.79 Å². The third-order valence-corrected chi connectivity index (χ3v) is 5.03. The van der Waals surface area contributed by atoms with E-state index in [2.05, 4.69) is 9.97 Å². The predicted molar refractivity (Wildman–Crippen MR) is 91.3 cm³/mol. The third kappa shape index (κ3) is 3.01. The summed E-state index contributed by atoms with van der Waals surface area (Å²) < 4.78 is 0. The van der Waals surface area contributed by atoms with E-state index in [0.717, 1.165) is 22.6 Å². The van der Waals surface area contributed by atoms with E-state index in [0.29, 0.717) is 29.4 Å². The van der Waals surface area contributed by atoms with Crippen molar-refractivity contribution in [1.82, 2.24) is 14.9 Å². The molecule has 3 rings (SSSR count). The van der Waals surface area contributed by atoms with Crippen molar-refractivity contribution in [3.63, 3.8) is 0 Å². The Kier molecular flexibility index (Phi) is 4.46. The molecule has 0 saturated carbocycles. The van der Waals surface area contributed by atoms with Crippen LogP contribution in [0, 0.1) is 6.92 Å². The van der Waals surface area contributed by atoms with E-state index in [1.807, 2.05) is 24.5 Å². The lowest BCUT2D eigenvalue weighted by atomic mass is 9.99. The van der Waals surface area contributed by atoms with Gasteiger partial charge in [-0.3, -0.25) is 4.79 Å². The lowest BCUT2D eigenvalue weighted by Gasteiger charge is -2.30. The number of nitrogens with zero attached hydrogens (tertiary/aromatic N) is 2. The van der Waals surface area contributed by atoms with Crippen LogP contribution in [0.1, 0.15) is 27.2 Å². The highest BCUT2D eigenvalue weighted by Gasteiger charge is 2.26. The van der Waals surface area contributed by atoms with Crippen LogP contribution in [0.4, 0.5) is 0 Å². The number of hydrogen-bond acceptors (Lipinski definition) is 4. The lowest BCUT2D eigenvalue weighted by Crippen LogP contribution is -2.37. The number of H-pyrrole nitrogens is 1. The van der Waals surface area contributed by atoms with E-state index >= 15 is 0 Å². The molecule has 5 nitrogen and oxygen atoms in total. The average Bonchev–Trinajstić information content (AvgIpc) is 2.53. The second-order valence-corrected chi connectivity index (χ2v) is 6.61. The summed E-state index contributed by atoms with van der Waals surface area (Å²) in [6.45, 7) is 2.84. The van der Waals surface area contributed by atoms with E-state index in [-0.39, 0.29) is 5.91 Å². The molecule has 0 saturated heterocycles. The molecule has 0 unspecified atom stereocenters. The number of aromatic nitrogens is 2. The van der Waals surface area contributed by atoms with Crippen molar-refractivity contribution in [3.8, 4) is 0 Å². The molecule has 0 radical (unpaired) electrons. The van der Waals surface area contributed by atoms with Crippen LogP contribution in [0.3, 0.4) is 0 Å². The molecule has 1 amide bonds. The molecule has 2 heterocycles. The first kappa shape index (κ1) is 16.1. The van der Waals surface area contributed by atoms with Crippen LogP contribution in [-0.2, 0) is 13.0 Å². The Morgan fingerprint density at radius 3 is 2.96 bits per heavy atom. The van der Waals surface area contributed by atoms with Gasteiger partial charge in [-0.15, -0.1) is 11.8 Å². The number of fused-ring (bicyclic) bond motifs is 1. The Morgan fingerprint density at radius 1 is 1.43 bits per heavy atom. The van der Waals surface area contributed by atoms with Crippen molar-refractivity contribution >= 4 is 29.3 Å². The van der Waals surface area contributed by atoms with Crippen molar-refractivity contribution in [2.24, 2.45) is 0 Å². The number of carbonyl (C=O) groups excluding carboxylic acids is 1. The van der Waals surface area contributed by atoms with Gasteiger partial charge in [-0.1, -0.05) is 23.7 Å². The van der Waals surface area contributed by atoms with Crippen LogP contribution in [-0.4, -0.2) is 33.6 Å². The normalized spacial score (nSPS) is 13.8. The molecule has 1 aliphatic rings. The number of aryl methyl sites for hydroxylation is 1. The minimum Gasteiger partial charge on any atom is -0.334 e. The van der Waals surface area contributed by atoms with Gasteiger partial charge in [0.2, 0.25) is 0 Å². The number of carbonyl (C=O) groups is 1. The molecule has 2 aromatic rings. The minimum atomic E-state index is -0.431. The standard InChI is InChI=1S/C16H16ClN3O2S/c1-9-13(14(23-2)19-16(22)18-9)15(21)20-7-6-11-10(8-20)4-3-5-12(11)17/h3-5H,6-8H2,1-2H3,(H,18,19,22). The largest absolute Gasteiger partial charge is 0.346 e. The van der Waals surface area contributed by atoms with E-state index < -0.39 is 5.69 Å². The monoisotopic (exact) mass is 349 g/mol. The van der Waals surface area contributed by atoms with Crippen LogP contribution in [0.5, 0.6) is 0 Å². The highest BCUT2D eigenvalue weighted by Crippen LogP contribution is 2.28. The van der Waals surface area contributed by atoms with Gasteiger partial charge in [0.05, 0.1) is 5.56 Å². The number of halogens is 1. The zero-order valence-electron chi connectivity index (χ0n) is 12.9. The SMILES string of the molecule is CSc1nc(=O)[nH]c(C)c1C(=O)N1CCc2c(Cl)cccc2C1. The van der Waals surface area contributed by atoms with Crippen LogP contribution in [0.25, 0.3) is 0 Å². The fourth-order valence-electron chi connectivity index (χ4n) is 2.85. The van der Waals surface area contributed by atoms with Crippen molar-refractivity contribution in [2.45, 2.75) is 24.9 Å². The van der Waals surface area contributed by atoms with E-state index in [4.69, 9.17) is 11.6 Å². The summed E-state index contributed by atoms with van der Waals surface area (Å²) in [6, 6.07) is 5.77. The first-order valence-electron chi connectivity index (χ1n) is 7.21. The molecular formula is C16H16ClN3O2S. The summed E-state index contributed by atoms with van der Waals surface area (Å²) in [6.07, 6.45) is 2.54. The summed E-state index contributed by atoms with van der Waals surface area (Å²) in [4.78, 5) is 32.7. The summed E-state index contributed by atoms with van der Waals surface area (Å²) in [5.74, 6) is -0.110. The highest BCUT2D eigenvalue weighted by atomic mass is 35.5. The molecule has 0 fully saturated rings. The van der Waals surface area contributed by atoms with Gasteiger partial charge in [0.1, 0.15) is 5.03 Å². The number of thioether (sulfide) groups is 1. The Hall–Kier alpha value is -1.79. The summed E-state index contributed by atoms with van der Waals surface area (Å²) in [5.41, 5.74) is 2.77. The van der Waals surface area contributed by atoms with Crippen molar-refractivity contribution in [3.05, 3.63) is 56.1 Å². The van der Waals surface area contributed by atoms with Gasteiger partial charge in [-0.05, 0) is 36.8 Å². The first-order valence-corrected chi connectivity index (χ1v) is 8.82. The van der Waals surface area contributed by atoms with Gasteiger partial charge in [0.25, 0.3) is 5.91 Å². The Labute approximate surface area is 143 Å². The van der Waals surface area contributed by atoms with E-state index in [1.165, 1.54) is 11.8 Å². The molecule has 7 heteroatoms. The Bertz CT molecular complexity index is 835.